The summed E-state index contributed by atoms with van der Waals surface area (Å²) < 4.78 is 5.63. The first-order valence-electron chi connectivity index (χ1n) is 6.25. The lowest BCUT2D eigenvalue weighted by atomic mass is 9.87. The van der Waals surface area contributed by atoms with Gasteiger partial charge in [-0.15, -0.1) is 0 Å². The van der Waals surface area contributed by atoms with Gasteiger partial charge in [-0.2, -0.15) is 0 Å². The van der Waals surface area contributed by atoms with Gasteiger partial charge in [0.15, 0.2) is 11.5 Å². The SMILES string of the molecule is O=C1C(=O)c2c(oc3cc(O)c(O)cc23)-c2ccccc21. The zero-order chi connectivity index (χ0) is 14.7. The molecule has 3 aromatic rings. The molecule has 0 spiro atoms. The summed E-state index contributed by atoms with van der Waals surface area (Å²) in [5, 5.41) is 19.4. The van der Waals surface area contributed by atoms with Crippen molar-refractivity contribution in [1.29, 1.82) is 0 Å². The van der Waals surface area contributed by atoms with E-state index in [2.05, 4.69) is 0 Å². The van der Waals surface area contributed by atoms with Crippen LogP contribution in [0.4, 0.5) is 0 Å². The number of aromatic hydroxyl groups is 2. The Bertz CT molecular complexity index is 949. The Kier molecular flexibility index (Phi) is 2.08. The number of Topliss-reactive ketones (excluding diaryl/α,β-unsaturated/α-hetero) is 2. The second-order valence-electron chi connectivity index (χ2n) is 4.85. The van der Waals surface area contributed by atoms with Crippen LogP contribution in [0.5, 0.6) is 11.5 Å². The van der Waals surface area contributed by atoms with Crippen LogP contribution in [-0.2, 0) is 0 Å². The summed E-state index contributed by atoms with van der Waals surface area (Å²) in [6, 6.07) is 9.14. The molecule has 0 aliphatic heterocycles. The maximum atomic E-state index is 12.3. The zero-order valence-corrected chi connectivity index (χ0v) is 10.6. The van der Waals surface area contributed by atoms with Crippen LogP contribution in [0.1, 0.15) is 20.7 Å². The number of rotatable bonds is 0. The summed E-state index contributed by atoms with van der Waals surface area (Å²) in [5.74, 6) is -1.71. The van der Waals surface area contributed by atoms with E-state index in [9.17, 15) is 19.8 Å². The fourth-order valence-electron chi connectivity index (χ4n) is 2.65. The number of ketones is 2. The quantitative estimate of drug-likeness (QED) is 0.488. The number of benzene rings is 2. The van der Waals surface area contributed by atoms with Crippen molar-refractivity contribution in [3.63, 3.8) is 0 Å². The van der Waals surface area contributed by atoms with Gasteiger partial charge in [-0.1, -0.05) is 24.3 Å². The van der Waals surface area contributed by atoms with Crippen molar-refractivity contribution in [1.82, 2.24) is 0 Å². The van der Waals surface area contributed by atoms with Crippen LogP contribution >= 0.6 is 0 Å². The summed E-state index contributed by atoms with van der Waals surface area (Å²) in [6.07, 6.45) is 0. The van der Waals surface area contributed by atoms with Crippen LogP contribution in [-0.4, -0.2) is 21.8 Å². The maximum absolute atomic E-state index is 12.3. The van der Waals surface area contributed by atoms with Crippen molar-refractivity contribution in [2.24, 2.45) is 0 Å². The van der Waals surface area contributed by atoms with Gasteiger partial charge in [-0.3, -0.25) is 9.59 Å². The Balaban J connectivity index is 2.17. The van der Waals surface area contributed by atoms with Gasteiger partial charge in [0.2, 0.25) is 11.6 Å². The van der Waals surface area contributed by atoms with Crippen molar-refractivity contribution >= 4 is 22.5 Å². The first-order valence-corrected chi connectivity index (χ1v) is 6.25. The smallest absolute Gasteiger partial charge is 0.238 e. The highest BCUT2D eigenvalue weighted by atomic mass is 16.3. The molecule has 0 atom stereocenters. The predicted molar refractivity (Wildman–Crippen MR) is 73.6 cm³/mol. The highest BCUT2D eigenvalue weighted by Crippen LogP contribution is 2.42. The van der Waals surface area contributed by atoms with Gasteiger partial charge in [-0.25, -0.2) is 0 Å². The topological polar surface area (TPSA) is 87.7 Å². The molecular formula is C16H8O5. The largest absolute Gasteiger partial charge is 0.504 e. The van der Waals surface area contributed by atoms with E-state index in [4.69, 9.17) is 4.42 Å². The van der Waals surface area contributed by atoms with Crippen molar-refractivity contribution in [2.75, 3.05) is 0 Å². The van der Waals surface area contributed by atoms with E-state index < -0.39 is 11.6 Å². The fourth-order valence-corrected chi connectivity index (χ4v) is 2.65. The average molecular weight is 280 g/mol. The normalized spacial score (nSPS) is 13.3. The van der Waals surface area contributed by atoms with E-state index in [1.54, 1.807) is 24.3 Å². The van der Waals surface area contributed by atoms with Gasteiger partial charge in [0.25, 0.3) is 0 Å². The van der Waals surface area contributed by atoms with Crippen LogP contribution < -0.4 is 0 Å². The molecule has 5 nitrogen and oxygen atoms in total. The molecule has 0 radical (unpaired) electrons. The number of phenols is 2. The first-order chi connectivity index (χ1) is 10.1. The molecule has 0 unspecified atom stereocenters. The molecule has 0 saturated heterocycles. The van der Waals surface area contributed by atoms with Crippen LogP contribution in [0.3, 0.4) is 0 Å². The maximum Gasteiger partial charge on any atom is 0.238 e. The number of fused-ring (bicyclic) bond motifs is 5. The monoisotopic (exact) mass is 280 g/mol. The molecule has 1 aromatic heterocycles. The van der Waals surface area contributed by atoms with Crippen molar-refractivity contribution in [3.8, 4) is 22.8 Å². The summed E-state index contributed by atoms with van der Waals surface area (Å²) in [7, 11) is 0. The molecule has 1 aliphatic rings. The third-order valence-electron chi connectivity index (χ3n) is 3.63. The van der Waals surface area contributed by atoms with Crippen LogP contribution in [0.2, 0.25) is 0 Å². The number of hydrogen-bond acceptors (Lipinski definition) is 5. The molecule has 21 heavy (non-hydrogen) atoms. The van der Waals surface area contributed by atoms with Crippen molar-refractivity contribution in [3.05, 3.63) is 47.5 Å². The summed E-state index contributed by atoms with van der Waals surface area (Å²) in [5.41, 5.74) is 1.20. The lowest BCUT2D eigenvalue weighted by Crippen LogP contribution is -2.20. The molecule has 1 aliphatic carbocycles. The first kappa shape index (κ1) is 11.7. The summed E-state index contributed by atoms with van der Waals surface area (Å²) in [4.78, 5) is 24.5. The van der Waals surface area contributed by atoms with E-state index in [-0.39, 0.29) is 28.4 Å². The Labute approximate surface area is 118 Å². The number of carbonyl (C=O) groups excluding carboxylic acids is 2. The molecule has 4 rings (SSSR count). The van der Waals surface area contributed by atoms with Crippen LogP contribution in [0.15, 0.2) is 40.8 Å². The van der Waals surface area contributed by atoms with Crippen molar-refractivity contribution < 1.29 is 24.2 Å². The molecule has 1 heterocycles. The molecule has 0 amide bonds. The minimum atomic E-state index is -0.674. The zero-order valence-electron chi connectivity index (χ0n) is 10.6. The van der Waals surface area contributed by atoms with Gasteiger partial charge in [0.05, 0.1) is 5.56 Å². The van der Waals surface area contributed by atoms with Crippen LogP contribution in [0, 0.1) is 0 Å². The molecule has 0 bridgehead atoms. The Hall–Kier alpha value is -3.08. The molecular weight excluding hydrogens is 272 g/mol. The van der Waals surface area contributed by atoms with Gasteiger partial charge in [0, 0.05) is 22.6 Å². The lowest BCUT2D eigenvalue weighted by Gasteiger charge is -2.12. The molecule has 2 aromatic carbocycles. The average Bonchev–Trinajstić information content (AvgIpc) is 2.84. The van der Waals surface area contributed by atoms with Gasteiger partial charge >= 0.3 is 0 Å². The van der Waals surface area contributed by atoms with Gasteiger partial charge < -0.3 is 14.6 Å². The summed E-state index contributed by atoms with van der Waals surface area (Å²) >= 11 is 0. The molecule has 0 fully saturated rings. The minimum Gasteiger partial charge on any atom is -0.504 e. The number of phenolic OH excluding ortho intramolecular Hbond substituents is 2. The predicted octanol–water partition coefficient (Wildman–Crippen LogP) is 2.89. The van der Waals surface area contributed by atoms with E-state index in [1.165, 1.54) is 12.1 Å². The van der Waals surface area contributed by atoms with E-state index in [1.807, 2.05) is 0 Å². The third-order valence-corrected chi connectivity index (χ3v) is 3.63. The van der Waals surface area contributed by atoms with Crippen LogP contribution in [0.25, 0.3) is 22.3 Å². The van der Waals surface area contributed by atoms with Gasteiger partial charge in [0.1, 0.15) is 11.3 Å². The number of furan rings is 1. The van der Waals surface area contributed by atoms with E-state index in [0.717, 1.165) is 0 Å². The number of carbonyl (C=O) groups is 2. The van der Waals surface area contributed by atoms with E-state index >= 15 is 0 Å². The standard InChI is InChI=1S/C16H8O5/c17-10-5-9-12(6-11(10)18)21-16-8-4-2-1-3-7(8)14(19)15(20)13(9)16/h1-6,17-18H. The minimum absolute atomic E-state index is 0.129. The Morgan fingerprint density at radius 2 is 1.52 bits per heavy atom. The highest BCUT2D eigenvalue weighted by Gasteiger charge is 2.35. The van der Waals surface area contributed by atoms with Crippen molar-refractivity contribution in [2.45, 2.75) is 0 Å². The molecule has 102 valence electrons. The van der Waals surface area contributed by atoms with E-state index in [0.29, 0.717) is 16.5 Å². The molecule has 0 saturated carbocycles. The summed E-state index contributed by atoms with van der Waals surface area (Å²) in [6.45, 7) is 0. The molecule has 5 heteroatoms. The molecule has 2 N–H and O–H groups in total. The Morgan fingerprint density at radius 3 is 2.29 bits per heavy atom. The Morgan fingerprint density at radius 1 is 0.857 bits per heavy atom. The lowest BCUT2D eigenvalue weighted by molar-refractivity contribution is 0.0815. The fraction of sp³-hybridized carbons (Fsp3) is 0. The second kappa shape index (κ2) is 3.73. The van der Waals surface area contributed by atoms with Gasteiger partial charge in [-0.05, 0) is 6.07 Å². The highest BCUT2D eigenvalue weighted by molar-refractivity contribution is 6.54. The second-order valence-corrected chi connectivity index (χ2v) is 4.85. The number of hydrogen-bond donors (Lipinski definition) is 2. The third kappa shape index (κ3) is 1.40.